The summed E-state index contributed by atoms with van der Waals surface area (Å²) < 4.78 is 5.62. The highest BCUT2D eigenvalue weighted by molar-refractivity contribution is 6.13. The van der Waals surface area contributed by atoms with Crippen molar-refractivity contribution in [3.05, 3.63) is 115 Å². The number of hydrogen-bond acceptors (Lipinski definition) is 3. The fourth-order valence-electron chi connectivity index (χ4n) is 3.91. The summed E-state index contributed by atoms with van der Waals surface area (Å²) in [7, 11) is 0. The molecule has 0 atom stereocenters. The molecule has 4 heteroatoms. The van der Waals surface area contributed by atoms with Crippen molar-refractivity contribution in [2.24, 2.45) is 5.10 Å². The van der Waals surface area contributed by atoms with E-state index in [0.717, 1.165) is 38.2 Å². The Hall–Kier alpha value is -4.44. The minimum atomic E-state index is -0.317. The molecule has 0 aromatic heterocycles. The number of nitrogens with zero attached hydrogens (tertiary/aromatic N) is 1. The number of amides is 1. The third-order valence-electron chi connectivity index (χ3n) is 5.53. The van der Waals surface area contributed by atoms with Gasteiger partial charge in [0.05, 0.1) is 6.21 Å². The predicted molar refractivity (Wildman–Crippen MR) is 135 cm³/mol. The molecule has 5 rings (SSSR count). The Labute approximate surface area is 192 Å². The van der Waals surface area contributed by atoms with Crippen molar-refractivity contribution in [2.75, 3.05) is 6.61 Å². The van der Waals surface area contributed by atoms with Gasteiger partial charge in [-0.25, -0.2) is 5.43 Å². The van der Waals surface area contributed by atoms with Crippen LogP contribution in [0.15, 0.2) is 114 Å². The van der Waals surface area contributed by atoms with E-state index >= 15 is 0 Å². The van der Waals surface area contributed by atoms with Crippen molar-refractivity contribution in [1.29, 1.82) is 0 Å². The van der Waals surface area contributed by atoms with Gasteiger partial charge in [-0.2, -0.15) is 5.10 Å². The summed E-state index contributed by atoms with van der Waals surface area (Å²) in [5, 5.41) is 8.64. The maximum absolute atomic E-state index is 12.3. The van der Waals surface area contributed by atoms with Crippen LogP contribution in [0.2, 0.25) is 0 Å². The van der Waals surface area contributed by atoms with Gasteiger partial charge in [-0.3, -0.25) is 4.79 Å². The monoisotopic (exact) mass is 430 g/mol. The van der Waals surface area contributed by atoms with E-state index in [4.69, 9.17) is 4.74 Å². The summed E-state index contributed by atoms with van der Waals surface area (Å²) in [4.78, 5) is 12.3. The van der Waals surface area contributed by atoms with E-state index in [9.17, 15) is 4.79 Å². The van der Waals surface area contributed by atoms with E-state index in [0.29, 0.717) is 5.75 Å². The molecule has 0 bridgehead atoms. The zero-order valence-corrected chi connectivity index (χ0v) is 17.9. The van der Waals surface area contributed by atoms with Gasteiger partial charge in [0.15, 0.2) is 6.61 Å². The molecule has 5 aromatic carbocycles. The van der Waals surface area contributed by atoms with Crippen LogP contribution < -0.4 is 10.2 Å². The summed E-state index contributed by atoms with van der Waals surface area (Å²) in [6.45, 7) is -0.113. The predicted octanol–water partition coefficient (Wildman–Crippen LogP) is 6.19. The molecule has 5 aromatic rings. The van der Waals surface area contributed by atoms with E-state index in [1.807, 2.05) is 66.7 Å². The lowest BCUT2D eigenvalue weighted by Crippen LogP contribution is -2.24. The van der Waals surface area contributed by atoms with Crippen molar-refractivity contribution in [3.63, 3.8) is 0 Å². The first kappa shape index (κ1) is 20.5. The third kappa shape index (κ3) is 4.60. The highest BCUT2D eigenvalue weighted by Gasteiger charge is 2.06. The molecule has 0 unspecified atom stereocenters. The number of benzene rings is 5. The Bertz CT molecular complexity index is 1390. The van der Waals surface area contributed by atoms with Crippen molar-refractivity contribution in [1.82, 2.24) is 5.43 Å². The topological polar surface area (TPSA) is 50.7 Å². The molecule has 0 radical (unpaired) electrons. The molecule has 0 aliphatic carbocycles. The third-order valence-corrected chi connectivity index (χ3v) is 5.53. The molecule has 1 N–H and O–H groups in total. The molecule has 1 amide bonds. The lowest BCUT2D eigenvalue weighted by atomic mass is 9.97. The molecule has 0 saturated carbocycles. The largest absolute Gasteiger partial charge is 0.484 e. The maximum atomic E-state index is 12.3. The summed E-state index contributed by atoms with van der Waals surface area (Å²) in [5.74, 6) is 0.316. The first-order chi connectivity index (χ1) is 16.3. The minimum Gasteiger partial charge on any atom is -0.484 e. The fourth-order valence-corrected chi connectivity index (χ4v) is 3.91. The van der Waals surface area contributed by atoms with Crippen LogP contribution in [0.5, 0.6) is 5.75 Å². The fraction of sp³-hybridized carbons (Fsp3) is 0.0345. The smallest absolute Gasteiger partial charge is 0.277 e. The van der Waals surface area contributed by atoms with Crippen LogP contribution in [0.3, 0.4) is 0 Å². The molecule has 0 aliphatic rings. The van der Waals surface area contributed by atoms with Gasteiger partial charge in [0.1, 0.15) is 5.75 Å². The van der Waals surface area contributed by atoms with E-state index in [-0.39, 0.29) is 12.5 Å². The second kappa shape index (κ2) is 9.37. The van der Waals surface area contributed by atoms with Crippen LogP contribution in [0, 0.1) is 0 Å². The van der Waals surface area contributed by atoms with Gasteiger partial charge >= 0.3 is 0 Å². The Morgan fingerprint density at radius 1 is 0.727 bits per heavy atom. The number of nitrogens with one attached hydrogen (secondary N) is 1. The summed E-state index contributed by atoms with van der Waals surface area (Å²) >= 11 is 0. The Balaban J connectivity index is 1.25. The standard InChI is InChI=1S/C29H22N2O2/c32-29(20-33-25-16-14-22(15-17-25)21-8-2-1-3-9-21)31-30-19-28-26-12-6-4-10-23(26)18-24-11-5-7-13-27(24)28/h1-19H,20H2,(H,31,32)/b30-19-. The summed E-state index contributed by atoms with van der Waals surface area (Å²) in [6, 6.07) is 36.3. The van der Waals surface area contributed by atoms with Crippen molar-refractivity contribution in [2.45, 2.75) is 0 Å². The van der Waals surface area contributed by atoms with Crippen molar-refractivity contribution < 1.29 is 9.53 Å². The van der Waals surface area contributed by atoms with Gasteiger partial charge in [-0.15, -0.1) is 0 Å². The molecule has 4 nitrogen and oxygen atoms in total. The zero-order valence-electron chi connectivity index (χ0n) is 17.9. The molecule has 0 heterocycles. The van der Waals surface area contributed by atoms with Crippen LogP contribution >= 0.6 is 0 Å². The van der Waals surface area contributed by atoms with Gasteiger partial charge < -0.3 is 4.74 Å². The second-order valence-electron chi connectivity index (χ2n) is 7.70. The van der Waals surface area contributed by atoms with Gasteiger partial charge in [0.2, 0.25) is 0 Å². The highest BCUT2D eigenvalue weighted by atomic mass is 16.5. The van der Waals surface area contributed by atoms with E-state index < -0.39 is 0 Å². The average Bonchev–Trinajstić information content (AvgIpc) is 2.88. The van der Waals surface area contributed by atoms with Gasteiger partial charge in [-0.1, -0.05) is 91.0 Å². The Morgan fingerprint density at radius 3 is 1.97 bits per heavy atom. The van der Waals surface area contributed by atoms with E-state index in [1.54, 1.807) is 6.21 Å². The number of hydrogen-bond donors (Lipinski definition) is 1. The highest BCUT2D eigenvalue weighted by Crippen LogP contribution is 2.27. The molecule has 0 fully saturated rings. The van der Waals surface area contributed by atoms with Crippen LogP contribution in [0.4, 0.5) is 0 Å². The summed E-state index contributed by atoms with van der Waals surface area (Å²) in [5.41, 5.74) is 5.78. The quantitative estimate of drug-likeness (QED) is 0.198. The average molecular weight is 431 g/mol. The van der Waals surface area contributed by atoms with E-state index in [2.05, 4.69) is 53.0 Å². The minimum absolute atomic E-state index is 0.113. The van der Waals surface area contributed by atoms with Crippen molar-refractivity contribution >= 4 is 33.7 Å². The number of fused-ring (bicyclic) bond motifs is 2. The first-order valence-electron chi connectivity index (χ1n) is 10.8. The number of carbonyl (C=O) groups excluding carboxylic acids is 1. The van der Waals surface area contributed by atoms with Crippen LogP contribution in [-0.2, 0) is 4.79 Å². The normalized spacial score (nSPS) is 11.2. The number of carbonyl (C=O) groups is 1. The summed E-state index contributed by atoms with van der Waals surface area (Å²) in [6.07, 6.45) is 1.71. The van der Waals surface area contributed by atoms with Gasteiger partial charge in [0.25, 0.3) is 5.91 Å². The Morgan fingerprint density at radius 2 is 1.30 bits per heavy atom. The molecule has 0 spiro atoms. The SMILES string of the molecule is O=C(COc1ccc(-c2ccccc2)cc1)N/N=C\c1c2ccccc2cc2ccccc12. The van der Waals surface area contributed by atoms with Crippen molar-refractivity contribution in [3.8, 4) is 16.9 Å². The van der Waals surface area contributed by atoms with E-state index in [1.165, 1.54) is 0 Å². The van der Waals surface area contributed by atoms with Crippen LogP contribution in [-0.4, -0.2) is 18.7 Å². The lowest BCUT2D eigenvalue weighted by molar-refractivity contribution is -0.123. The van der Waals surface area contributed by atoms with Gasteiger partial charge in [0, 0.05) is 5.56 Å². The van der Waals surface area contributed by atoms with Crippen LogP contribution in [0.1, 0.15) is 5.56 Å². The lowest BCUT2D eigenvalue weighted by Gasteiger charge is -2.08. The molecular formula is C29H22N2O2. The Kier molecular flexibility index (Phi) is 5.81. The van der Waals surface area contributed by atoms with Gasteiger partial charge in [-0.05, 0) is 50.9 Å². The number of ether oxygens (including phenoxy) is 1. The number of rotatable bonds is 6. The second-order valence-corrected chi connectivity index (χ2v) is 7.70. The van der Waals surface area contributed by atoms with Crippen LogP contribution in [0.25, 0.3) is 32.7 Å². The molecular weight excluding hydrogens is 408 g/mol. The number of hydrazone groups is 1. The molecule has 160 valence electrons. The molecule has 33 heavy (non-hydrogen) atoms. The zero-order chi connectivity index (χ0) is 22.5. The molecule has 0 saturated heterocycles. The maximum Gasteiger partial charge on any atom is 0.277 e. The molecule has 0 aliphatic heterocycles. The first-order valence-corrected chi connectivity index (χ1v) is 10.8.